The van der Waals surface area contributed by atoms with Gasteiger partial charge in [-0.2, -0.15) is 5.10 Å². The van der Waals surface area contributed by atoms with E-state index in [1.807, 2.05) is 68.7 Å². The molecule has 0 saturated carbocycles. The number of halogens is 1. The molecule has 0 unspecified atom stereocenters. The van der Waals surface area contributed by atoms with Crippen molar-refractivity contribution in [2.24, 2.45) is 7.05 Å². The molecule has 0 bridgehead atoms. The predicted molar refractivity (Wildman–Crippen MR) is 125 cm³/mol. The summed E-state index contributed by atoms with van der Waals surface area (Å²) in [6.07, 6.45) is 6.11. The maximum atomic E-state index is 12.3. The van der Waals surface area contributed by atoms with Crippen LogP contribution in [0.2, 0.25) is 5.02 Å². The number of pyridine rings is 1. The van der Waals surface area contributed by atoms with E-state index in [0.717, 1.165) is 39.6 Å². The van der Waals surface area contributed by atoms with E-state index in [4.69, 9.17) is 21.1 Å². The number of rotatable bonds is 8. The van der Waals surface area contributed by atoms with Gasteiger partial charge in [0.1, 0.15) is 17.2 Å². The fourth-order valence-electron chi connectivity index (χ4n) is 3.29. The van der Waals surface area contributed by atoms with Gasteiger partial charge in [0.05, 0.1) is 19.3 Å². The molecule has 7 heteroatoms. The van der Waals surface area contributed by atoms with Crippen molar-refractivity contribution in [3.63, 3.8) is 0 Å². The number of nitrogens with zero attached hydrogens (tertiary/aromatic N) is 3. The summed E-state index contributed by atoms with van der Waals surface area (Å²) in [4.78, 5) is 12.3. The molecule has 6 nitrogen and oxygen atoms in total. The average Bonchev–Trinajstić information content (AvgIpc) is 3.18. The molecule has 0 fully saturated rings. The maximum absolute atomic E-state index is 12.3. The Hall–Kier alpha value is -3.51. The zero-order valence-corrected chi connectivity index (χ0v) is 18.7. The third-order valence-electron chi connectivity index (χ3n) is 5.03. The summed E-state index contributed by atoms with van der Waals surface area (Å²) in [7, 11) is 1.85. The van der Waals surface area contributed by atoms with Crippen molar-refractivity contribution in [2.45, 2.75) is 19.9 Å². The van der Waals surface area contributed by atoms with E-state index in [-0.39, 0.29) is 5.56 Å². The molecular formula is C25H24ClN3O3. The van der Waals surface area contributed by atoms with Crippen molar-refractivity contribution < 1.29 is 9.47 Å². The van der Waals surface area contributed by atoms with Crippen molar-refractivity contribution in [3.8, 4) is 17.2 Å². The van der Waals surface area contributed by atoms with Gasteiger partial charge in [-0.1, -0.05) is 23.7 Å². The summed E-state index contributed by atoms with van der Waals surface area (Å²) in [6, 6.07) is 16.8. The molecule has 0 atom stereocenters. The summed E-state index contributed by atoms with van der Waals surface area (Å²) in [5.74, 6) is 2.07. The standard InChI is InChI=1S/C25H24ClN3O3/c1-18-13-23(7-8-24(18)26)32-21-5-3-19(4-6-21)10-12-31-22-9-11-29(25(30)14-22)17-20-15-27-28(2)16-20/h3-9,11,13-16H,10,12,17H2,1-2H3. The summed E-state index contributed by atoms with van der Waals surface area (Å²) < 4.78 is 15.0. The molecule has 0 aliphatic rings. The van der Waals surface area contributed by atoms with E-state index in [2.05, 4.69) is 5.10 Å². The number of hydrogen-bond acceptors (Lipinski definition) is 4. The molecule has 4 rings (SSSR count). The monoisotopic (exact) mass is 449 g/mol. The number of ether oxygens (including phenoxy) is 2. The van der Waals surface area contributed by atoms with Crippen LogP contribution in [0.5, 0.6) is 17.2 Å². The summed E-state index contributed by atoms with van der Waals surface area (Å²) >= 11 is 6.06. The predicted octanol–water partition coefficient (Wildman–Crippen LogP) is 5.01. The van der Waals surface area contributed by atoms with Gasteiger partial charge >= 0.3 is 0 Å². The summed E-state index contributed by atoms with van der Waals surface area (Å²) in [5, 5.41) is 4.85. The van der Waals surface area contributed by atoms with E-state index in [1.54, 1.807) is 21.6 Å². The SMILES string of the molecule is Cc1cc(Oc2ccc(CCOc3ccn(Cc4cnn(C)c4)c(=O)c3)cc2)ccc1Cl. The lowest BCUT2D eigenvalue weighted by molar-refractivity contribution is 0.320. The highest BCUT2D eigenvalue weighted by molar-refractivity contribution is 6.31. The van der Waals surface area contributed by atoms with Crippen molar-refractivity contribution in [2.75, 3.05) is 6.61 Å². The van der Waals surface area contributed by atoms with Gasteiger partial charge in [-0.25, -0.2) is 0 Å². The van der Waals surface area contributed by atoms with Crippen LogP contribution < -0.4 is 15.0 Å². The highest BCUT2D eigenvalue weighted by Gasteiger charge is 2.04. The quantitative estimate of drug-likeness (QED) is 0.379. The van der Waals surface area contributed by atoms with Crippen LogP contribution in [-0.4, -0.2) is 21.0 Å². The van der Waals surface area contributed by atoms with Crippen LogP contribution in [0.1, 0.15) is 16.7 Å². The van der Waals surface area contributed by atoms with E-state index in [0.29, 0.717) is 18.9 Å². The highest BCUT2D eigenvalue weighted by atomic mass is 35.5. The van der Waals surface area contributed by atoms with Gasteiger partial charge in [-0.05, 0) is 54.4 Å². The first-order valence-corrected chi connectivity index (χ1v) is 10.7. The smallest absolute Gasteiger partial charge is 0.254 e. The summed E-state index contributed by atoms with van der Waals surface area (Å²) in [5.41, 5.74) is 2.96. The maximum Gasteiger partial charge on any atom is 0.254 e. The van der Waals surface area contributed by atoms with Gasteiger partial charge in [0.25, 0.3) is 5.56 Å². The Kier molecular flexibility index (Phi) is 6.61. The molecule has 0 aliphatic heterocycles. The molecule has 0 amide bonds. The van der Waals surface area contributed by atoms with Crippen molar-refractivity contribution in [1.29, 1.82) is 0 Å². The molecule has 0 radical (unpaired) electrons. The number of hydrogen-bond donors (Lipinski definition) is 0. The van der Waals surface area contributed by atoms with E-state index < -0.39 is 0 Å². The van der Waals surface area contributed by atoms with Gasteiger partial charge in [-0.15, -0.1) is 0 Å². The van der Waals surface area contributed by atoms with Crippen LogP contribution in [0.4, 0.5) is 0 Å². The Morgan fingerprint density at radius 2 is 1.75 bits per heavy atom. The largest absolute Gasteiger partial charge is 0.493 e. The normalized spacial score (nSPS) is 10.8. The Bertz CT molecular complexity index is 1260. The molecule has 4 aromatic rings. The zero-order chi connectivity index (χ0) is 22.5. The van der Waals surface area contributed by atoms with Crippen LogP contribution in [0.15, 0.2) is 78.0 Å². The van der Waals surface area contributed by atoms with Gasteiger partial charge in [0.15, 0.2) is 0 Å². The van der Waals surface area contributed by atoms with Crippen molar-refractivity contribution in [3.05, 3.63) is 105 Å². The molecule has 0 aliphatic carbocycles. The summed E-state index contributed by atoms with van der Waals surface area (Å²) in [6.45, 7) is 2.90. The van der Waals surface area contributed by atoms with Crippen LogP contribution in [-0.2, 0) is 20.0 Å². The highest BCUT2D eigenvalue weighted by Crippen LogP contribution is 2.26. The lowest BCUT2D eigenvalue weighted by Crippen LogP contribution is -2.19. The van der Waals surface area contributed by atoms with Gasteiger partial charge in [0.2, 0.25) is 0 Å². The number of aromatic nitrogens is 3. The topological polar surface area (TPSA) is 58.3 Å². The lowest BCUT2D eigenvalue weighted by atomic mass is 10.1. The fraction of sp³-hybridized carbons (Fsp3) is 0.200. The first-order chi connectivity index (χ1) is 15.5. The molecule has 0 spiro atoms. The number of aryl methyl sites for hydroxylation is 2. The Balaban J connectivity index is 1.29. The zero-order valence-electron chi connectivity index (χ0n) is 18.0. The van der Waals surface area contributed by atoms with Gasteiger partial charge in [0, 0.05) is 42.5 Å². The molecule has 2 heterocycles. The van der Waals surface area contributed by atoms with Crippen LogP contribution in [0.3, 0.4) is 0 Å². The molecule has 0 N–H and O–H groups in total. The Morgan fingerprint density at radius 1 is 0.969 bits per heavy atom. The van der Waals surface area contributed by atoms with Crippen LogP contribution >= 0.6 is 11.6 Å². The van der Waals surface area contributed by atoms with Crippen LogP contribution in [0.25, 0.3) is 0 Å². The lowest BCUT2D eigenvalue weighted by Gasteiger charge is -2.10. The second kappa shape index (κ2) is 9.75. The third-order valence-corrected chi connectivity index (χ3v) is 5.45. The van der Waals surface area contributed by atoms with Crippen molar-refractivity contribution in [1.82, 2.24) is 14.3 Å². The fourth-order valence-corrected chi connectivity index (χ4v) is 3.41. The first kappa shape index (κ1) is 21.7. The first-order valence-electron chi connectivity index (χ1n) is 10.3. The van der Waals surface area contributed by atoms with Gasteiger partial charge < -0.3 is 14.0 Å². The minimum atomic E-state index is -0.106. The second-order valence-electron chi connectivity index (χ2n) is 7.61. The minimum absolute atomic E-state index is 0.106. The van der Waals surface area contributed by atoms with E-state index >= 15 is 0 Å². The Labute approximate surface area is 191 Å². The Morgan fingerprint density at radius 3 is 2.44 bits per heavy atom. The molecule has 32 heavy (non-hydrogen) atoms. The molecule has 2 aromatic heterocycles. The molecular weight excluding hydrogens is 426 g/mol. The third kappa shape index (κ3) is 5.59. The van der Waals surface area contributed by atoms with E-state index in [1.165, 1.54) is 6.07 Å². The molecule has 2 aromatic carbocycles. The second-order valence-corrected chi connectivity index (χ2v) is 8.01. The number of benzene rings is 2. The van der Waals surface area contributed by atoms with Crippen LogP contribution in [0, 0.1) is 6.92 Å². The minimum Gasteiger partial charge on any atom is -0.493 e. The van der Waals surface area contributed by atoms with Gasteiger partial charge in [-0.3, -0.25) is 9.48 Å². The van der Waals surface area contributed by atoms with Crippen molar-refractivity contribution >= 4 is 11.6 Å². The van der Waals surface area contributed by atoms with E-state index in [9.17, 15) is 4.79 Å². The average molecular weight is 450 g/mol. The molecule has 0 saturated heterocycles. The molecule has 164 valence electrons.